The van der Waals surface area contributed by atoms with Crippen LogP contribution in [0.25, 0.3) is 10.9 Å². The number of hydrogen-bond donors (Lipinski definition) is 1. The highest BCUT2D eigenvalue weighted by molar-refractivity contribution is 5.79. The standard InChI is InChI=1S/C19H25N3O3/c1-2-25-14-19(24)22-9-8-21(12-17(23)13-22)11-15-5-6-18-16(10-15)4-3-7-20-18/h3-7,10,17,23H,2,8-9,11-14H2,1H3/t17-/m1/s1. The van der Waals surface area contributed by atoms with Crippen LogP contribution in [-0.2, 0) is 16.1 Å². The summed E-state index contributed by atoms with van der Waals surface area (Å²) in [5.74, 6) is -0.0560. The van der Waals surface area contributed by atoms with Gasteiger partial charge in [-0.05, 0) is 30.7 Å². The van der Waals surface area contributed by atoms with Crippen molar-refractivity contribution < 1.29 is 14.6 Å². The topological polar surface area (TPSA) is 65.9 Å². The number of carbonyl (C=O) groups excluding carboxylic acids is 1. The zero-order valence-corrected chi connectivity index (χ0v) is 14.6. The van der Waals surface area contributed by atoms with Gasteiger partial charge in [0.15, 0.2) is 0 Å². The molecule has 2 aromatic rings. The molecule has 1 atom stereocenters. The van der Waals surface area contributed by atoms with Crippen molar-refractivity contribution in [2.45, 2.75) is 19.6 Å². The van der Waals surface area contributed by atoms with Crippen molar-refractivity contribution >= 4 is 16.8 Å². The van der Waals surface area contributed by atoms with Gasteiger partial charge >= 0.3 is 0 Å². The Balaban J connectivity index is 1.63. The Morgan fingerprint density at radius 3 is 3.04 bits per heavy atom. The number of amides is 1. The molecule has 1 amide bonds. The second-order valence-electron chi connectivity index (χ2n) is 6.40. The Bertz CT molecular complexity index is 722. The zero-order chi connectivity index (χ0) is 17.6. The molecule has 0 bridgehead atoms. The molecular weight excluding hydrogens is 318 g/mol. The van der Waals surface area contributed by atoms with Crippen molar-refractivity contribution in [1.29, 1.82) is 0 Å². The Morgan fingerprint density at radius 1 is 1.32 bits per heavy atom. The fraction of sp³-hybridized carbons (Fsp3) is 0.474. The van der Waals surface area contributed by atoms with E-state index in [1.54, 1.807) is 11.1 Å². The SMILES string of the molecule is CCOCC(=O)N1CCN(Cc2ccc3ncccc3c2)C[C@@H](O)C1. The highest BCUT2D eigenvalue weighted by Crippen LogP contribution is 2.16. The molecule has 1 aromatic heterocycles. The van der Waals surface area contributed by atoms with E-state index in [1.807, 2.05) is 19.1 Å². The van der Waals surface area contributed by atoms with E-state index in [2.05, 4.69) is 28.1 Å². The molecule has 0 unspecified atom stereocenters. The van der Waals surface area contributed by atoms with Crippen LogP contribution in [0.3, 0.4) is 0 Å². The largest absolute Gasteiger partial charge is 0.390 e. The number of β-amino-alcohol motifs (C(OH)–C–C–N with tert-alkyl or cyclic N) is 1. The summed E-state index contributed by atoms with van der Waals surface area (Å²) in [6.07, 6.45) is 1.25. The number of hydrogen-bond acceptors (Lipinski definition) is 5. The first-order valence-corrected chi connectivity index (χ1v) is 8.75. The number of rotatable bonds is 5. The van der Waals surface area contributed by atoms with E-state index >= 15 is 0 Å². The van der Waals surface area contributed by atoms with Gasteiger partial charge in [-0.2, -0.15) is 0 Å². The van der Waals surface area contributed by atoms with Crippen LogP contribution in [0.15, 0.2) is 36.5 Å². The summed E-state index contributed by atoms with van der Waals surface area (Å²) in [5, 5.41) is 11.4. The molecule has 0 radical (unpaired) electrons. The minimum atomic E-state index is -0.546. The number of aromatic nitrogens is 1. The molecule has 1 aromatic carbocycles. The first-order valence-electron chi connectivity index (χ1n) is 8.75. The van der Waals surface area contributed by atoms with Gasteiger partial charge < -0.3 is 14.7 Å². The maximum absolute atomic E-state index is 12.1. The van der Waals surface area contributed by atoms with Crippen molar-refractivity contribution in [3.8, 4) is 0 Å². The lowest BCUT2D eigenvalue weighted by molar-refractivity contribution is -0.136. The van der Waals surface area contributed by atoms with E-state index < -0.39 is 6.10 Å². The van der Waals surface area contributed by atoms with Crippen LogP contribution in [0.5, 0.6) is 0 Å². The first kappa shape index (κ1) is 17.8. The Labute approximate surface area is 148 Å². The van der Waals surface area contributed by atoms with E-state index in [0.717, 1.165) is 24.0 Å². The third-order valence-corrected chi connectivity index (χ3v) is 4.44. The monoisotopic (exact) mass is 343 g/mol. The average molecular weight is 343 g/mol. The summed E-state index contributed by atoms with van der Waals surface area (Å²) in [7, 11) is 0. The van der Waals surface area contributed by atoms with Crippen molar-refractivity contribution in [2.24, 2.45) is 0 Å². The molecule has 1 aliphatic rings. The number of pyridine rings is 1. The van der Waals surface area contributed by atoms with Crippen LogP contribution >= 0.6 is 0 Å². The molecule has 6 nitrogen and oxygen atoms in total. The molecule has 1 aliphatic heterocycles. The highest BCUT2D eigenvalue weighted by atomic mass is 16.5. The molecule has 0 spiro atoms. The van der Waals surface area contributed by atoms with E-state index in [-0.39, 0.29) is 12.5 Å². The van der Waals surface area contributed by atoms with Crippen LogP contribution in [0.2, 0.25) is 0 Å². The van der Waals surface area contributed by atoms with Crippen LogP contribution in [0, 0.1) is 0 Å². The maximum atomic E-state index is 12.1. The van der Waals surface area contributed by atoms with Gasteiger partial charge in [0.1, 0.15) is 6.61 Å². The maximum Gasteiger partial charge on any atom is 0.248 e. The van der Waals surface area contributed by atoms with Crippen LogP contribution < -0.4 is 0 Å². The molecular formula is C19H25N3O3. The summed E-state index contributed by atoms with van der Waals surface area (Å²) < 4.78 is 5.20. The van der Waals surface area contributed by atoms with E-state index in [4.69, 9.17) is 4.74 Å². The summed E-state index contributed by atoms with van der Waals surface area (Å²) >= 11 is 0. The fourth-order valence-corrected chi connectivity index (χ4v) is 3.19. The smallest absolute Gasteiger partial charge is 0.248 e. The van der Waals surface area contributed by atoms with Gasteiger partial charge in [0.25, 0.3) is 0 Å². The number of fused-ring (bicyclic) bond motifs is 1. The van der Waals surface area contributed by atoms with Crippen molar-refractivity contribution in [2.75, 3.05) is 39.4 Å². The molecule has 25 heavy (non-hydrogen) atoms. The van der Waals surface area contributed by atoms with E-state index in [1.165, 1.54) is 5.56 Å². The normalized spacial score (nSPS) is 19.1. The zero-order valence-electron chi connectivity index (χ0n) is 14.6. The Morgan fingerprint density at radius 2 is 2.20 bits per heavy atom. The second-order valence-corrected chi connectivity index (χ2v) is 6.40. The van der Waals surface area contributed by atoms with Gasteiger partial charge in [0, 0.05) is 50.9 Å². The second kappa shape index (κ2) is 8.38. The van der Waals surface area contributed by atoms with Gasteiger partial charge in [0.05, 0.1) is 11.6 Å². The molecule has 1 fully saturated rings. The van der Waals surface area contributed by atoms with Crippen LogP contribution in [0.4, 0.5) is 0 Å². The minimum Gasteiger partial charge on any atom is -0.390 e. The molecule has 1 saturated heterocycles. The van der Waals surface area contributed by atoms with Crippen molar-refractivity contribution in [3.05, 3.63) is 42.1 Å². The number of nitrogens with zero attached hydrogens (tertiary/aromatic N) is 3. The molecule has 134 valence electrons. The molecule has 3 rings (SSSR count). The third-order valence-electron chi connectivity index (χ3n) is 4.44. The van der Waals surface area contributed by atoms with E-state index in [0.29, 0.717) is 26.2 Å². The number of ether oxygens (including phenoxy) is 1. The van der Waals surface area contributed by atoms with Gasteiger partial charge in [-0.3, -0.25) is 14.7 Å². The summed E-state index contributed by atoms with van der Waals surface area (Å²) in [6, 6.07) is 10.2. The summed E-state index contributed by atoms with van der Waals surface area (Å²) in [4.78, 5) is 20.4. The predicted molar refractivity (Wildman–Crippen MR) is 96.1 cm³/mol. The fourth-order valence-electron chi connectivity index (χ4n) is 3.19. The Kier molecular flexibility index (Phi) is 5.96. The average Bonchev–Trinajstić information content (AvgIpc) is 2.80. The number of aliphatic hydroxyl groups is 1. The van der Waals surface area contributed by atoms with E-state index in [9.17, 15) is 9.90 Å². The lowest BCUT2D eigenvalue weighted by Crippen LogP contribution is -2.39. The summed E-state index contributed by atoms with van der Waals surface area (Å²) in [6.45, 7) is 5.48. The number of carbonyl (C=O) groups is 1. The van der Waals surface area contributed by atoms with Gasteiger partial charge in [-0.25, -0.2) is 0 Å². The minimum absolute atomic E-state index is 0.0560. The van der Waals surface area contributed by atoms with Crippen molar-refractivity contribution in [3.63, 3.8) is 0 Å². The predicted octanol–water partition coefficient (Wildman–Crippen LogP) is 1.28. The lowest BCUT2D eigenvalue weighted by atomic mass is 10.1. The molecule has 1 N–H and O–H groups in total. The Hall–Kier alpha value is -2.02. The lowest BCUT2D eigenvalue weighted by Gasteiger charge is -2.21. The number of aliphatic hydroxyl groups excluding tert-OH is 1. The van der Waals surface area contributed by atoms with Gasteiger partial charge in [-0.1, -0.05) is 12.1 Å². The van der Waals surface area contributed by atoms with Crippen LogP contribution in [0.1, 0.15) is 12.5 Å². The molecule has 0 aliphatic carbocycles. The quantitative estimate of drug-likeness (QED) is 0.886. The first-order chi connectivity index (χ1) is 12.2. The number of benzene rings is 1. The third kappa shape index (κ3) is 4.75. The summed E-state index contributed by atoms with van der Waals surface area (Å²) in [5.41, 5.74) is 2.16. The molecule has 6 heteroatoms. The highest BCUT2D eigenvalue weighted by Gasteiger charge is 2.24. The van der Waals surface area contributed by atoms with Gasteiger partial charge in [0.2, 0.25) is 5.91 Å². The van der Waals surface area contributed by atoms with Crippen LogP contribution in [-0.4, -0.2) is 71.3 Å². The molecule has 2 heterocycles. The van der Waals surface area contributed by atoms with Crippen molar-refractivity contribution in [1.82, 2.24) is 14.8 Å². The molecule has 0 saturated carbocycles. The van der Waals surface area contributed by atoms with Gasteiger partial charge in [-0.15, -0.1) is 0 Å².